The van der Waals surface area contributed by atoms with Gasteiger partial charge in [-0.25, -0.2) is 0 Å². The first-order valence-corrected chi connectivity index (χ1v) is 4.51. The van der Waals surface area contributed by atoms with E-state index in [2.05, 4.69) is 0 Å². The lowest BCUT2D eigenvalue weighted by atomic mass is 9.85. The Morgan fingerprint density at radius 1 is 1.31 bits per heavy atom. The van der Waals surface area contributed by atoms with Gasteiger partial charge in [0.25, 0.3) is 0 Å². The Kier molecular flexibility index (Phi) is 3.25. The summed E-state index contributed by atoms with van der Waals surface area (Å²) in [6, 6.07) is 0. The summed E-state index contributed by atoms with van der Waals surface area (Å²) < 4.78 is 35.6. The predicted molar refractivity (Wildman–Crippen MR) is 47.5 cm³/mol. The highest BCUT2D eigenvalue weighted by atomic mass is 19.4. The van der Waals surface area contributed by atoms with Gasteiger partial charge < -0.3 is 10.4 Å². The van der Waals surface area contributed by atoms with Crippen molar-refractivity contribution in [3.63, 3.8) is 0 Å². The zero-order chi connectivity index (χ0) is 12.4. The minimum atomic E-state index is -4.98. The Labute approximate surface area is 89.1 Å². The summed E-state index contributed by atoms with van der Waals surface area (Å²) in [6.07, 6.45) is -1.58. The molecule has 0 aromatic carbocycles. The molecule has 0 atom stereocenters. The van der Waals surface area contributed by atoms with Gasteiger partial charge in [-0.1, -0.05) is 12.2 Å². The number of amides is 1. The van der Waals surface area contributed by atoms with Crippen molar-refractivity contribution < 1.29 is 27.9 Å². The summed E-state index contributed by atoms with van der Waals surface area (Å²) in [6.45, 7) is -0.520. The van der Waals surface area contributed by atoms with Crippen LogP contribution in [0.15, 0.2) is 12.2 Å². The zero-order valence-corrected chi connectivity index (χ0v) is 8.17. The maximum absolute atomic E-state index is 11.9. The van der Waals surface area contributed by atoms with Crippen LogP contribution in [0.4, 0.5) is 13.2 Å². The van der Waals surface area contributed by atoms with Crippen LogP contribution in [-0.2, 0) is 9.59 Å². The van der Waals surface area contributed by atoms with Gasteiger partial charge in [0.05, 0.1) is 5.41 Å². The number of halogens is 3. The van der Waals surface area contributed by atoms with Gasteiger partial charge in [-0.2, -0.15) is 13.2 Å². The number of carbonyl (C=O) groups is 2. The largest absolute Gasteiger partial charge is 0.481 e. The lowest BCUT2D eigenvalue weighted by Gasteiger charge is -2.24. The second-order valence-corrected chi connectivity index (χ2v) is 3.65. The van der Waals surface area contributed by atoms with Gasteiger partial charge >= 0.3 is 18.1 Å². The first kappa shape index (κ1) is 12.5. The lowest BCUT2D eigenvalue weighted by Crippen LogP contribution is -2.45. The quantitative estimate of drug-likeness (QED) is 0.722. The molecule has 1 aliphatic carbocycles. The molecule has 4 nitrogen and oxygen atoms in total. The standard InChI is InChI=1S/C9H10F3NO3/c10-9(11,12)6(14)13-5-8(7(15)16)3-1-2-4-8/h1-2H,3-5H2,(H,13,14)(H,15,16). The van der Waals surface area contributed by atoms with E-state index < -0.39 is 30.0 Å². The van der Waals surface area contributed by atoms with Crippen molar-refractivity contribution in [2.75, 3.05) is 6.54 Å². The summed E-state index contributed by atoms with van der Waals surface area (Å²) in [5, 5.41) is 10.5. The number of carboxylic acid groups (broad SMARTS) is 1. The van der Waals surface area contributed by atoms with Crippen LogP contribution >= 0.6 is 0 Å². The van der Waals surface area contributed by atoms with Crippen molar-refractivity contribution >= 4 is 11.9 Å². The van der Waals surface area contributed by atoms with Crippen LogP contribution in [0.1, 0.15) is 12.8 Å². The van der Waals surface area contributed by atoms with E-state index in [1.165, 1.54) is 0 Å². The number of carbonyl (C=O) groups excluding carboxylic acids is 1. The molecule has 0 aromatic rings. The lowest BCUT2D eigenvalue weighted by molar-refractivity contribution is -0.174. The molecule has 0 bridgehead atoms. The highest BCUT2D eigenvalue weighted by molar-refractivity contribution is 5.83. The van der Waals surface area contributed by atoms with E-state index in [0.717, 1.165) is 0 Å². The van der Waals surface area contributed by atoms with Crippen molar-refractivity contribution in [3.8, 4) is 0 Å². The zero-order valence-electron chi connectivity index (χ0n) is 8.17. The van der Waals surface area contributed by atoms with Crippen molar-refractivity contribution in [3.05, 3.63) is 12.2 Å². The normalized spacial score (nSPS) is 18.4. The highest BCUT2D eigenvalue weighted by Gasteiger charge is 2.43. The number of hydrogen-bond donors (Lipinski definition) is 2. The number of rotatable bonds is 3. The molecule has 0 saturated heterocycles. The molecule has 1 aliphatic rings. The first-order chi connectivity index (χ1) is 7.28. The van der Waals surface area contributed by atoms with Gasteiger partial charge in [-0.05, 0) is 12.8 Å². The molecule has 0 spiro atoms. The van der Waals surface area contributed by atoms with Crippen LogP contribution in [0, 0.1) is 5.41 Å². The number of carboxylic acids is 1. The van der Waals surface area contributed by atoms with Gasteiger partial charge in [0.2, 0.25) is 0 Å². The topological polar surface area (TPSA) is 66.4 Å². The van der Waals surface area contributed by atoms with E-state index in [9.17, 15) is 22.8 Å². The summed E-state index contributed by atoms with van der Waals surface area (Å²) in [5.74, 6) is -3.32. The van der Waals surface area contributed by atoms with Crippen LogP contribution in [0.5, 0.6) is 0 Å². The maximum atomic E-state index is 11.9. The highest BCUT2D eigenvalue weighted by Crippen LogP contribution is 2.33. The van der Waals surface area contributed by atoms with Crippen molar-refractivity contribution in [2.24, 2.45) is 5.41 Å². The third-order valence-electron chi connectivity index (χ3n) is 2.48. The molecule has 0 saturated carbocycles. The molecule has 0 unspecified atom stereocenters. The third-order valence-corrected chi connectivity index (χ3v) is 2.48. The molecule has 16 heavy (non-hydrogen) atoms. The van der Waals surface area contributed by atoms with E-state index in [1.54, 1.807) is 17.5 Å². The third kappa shape index (κ3) is 2.53. The van der Waals surface area contributed by atoms with Gasteiger partial charge in [-0.15, -0.1) is 0 Å². The SMILES string of the molecule is O=C(NCC1(C(=O)O)CC=CC1)C(F)(F)F. The smallest absolute Gasteiger partial charge is 0.471 e. The van der Waals surface area contributed by atoms with Gasteiger partial charge in [-0.3, -0.25) is 9.59 Å². The molecule has 90 valence electrons. The first-order valence-electron chi connectivity index (χ1n) is 4.51. The monoisotopic (exact) mass is 237 g/mol. The molecule has 2 N–H and O–H groups in total. The van der Waals surface area contributed by atoms with E-state index in [4.69, 9.17) is 5.11 Å². The minimum absolute atomic E-state index is 0.125. The molecule has 1 amide bonds. The molecule has 7 heteroatoms. The van der Waals surface area contributed by atoms with Crippen LogP contribution in [-0.4, -0.2) is 29.7 Å². The number of aliphatic carboxylic acids is 1. The fourth-order valence-corrected chi connectivity index (χ4v) is 1.45. The maximum Gasteiger partial charge on any atom is 0.471 e. The fraction of sp³-hybridized carbons (Fsp3) is 0.556. The predicted octanol–water partition coefficient (Wildman–Crippen LogP) is 1.09. The van der Waals surface area contributed by atoms with Crippen LogP contribution < -0.4 is 5.32 Å². The Hall–Kier alpha value is -1.53. The summed E-state index contributed by atoms with van der Waals surface area (Å²) in [7, 11) is 0. The summed E-state index contributed by atoms with van der Waals surface area (Å²) in [4.78, 5) is 21.4. The molecule has 0 heterocycles. The van der Waals surface area contributed by atoms with E-state index >= 15 is 0 Å². The van der Waals surface area contributed by atoms with Gasteiger partial charge in [0, 0.05) is 6.54 Å². The van der Waals surface area contributed by atoms with E-state index in [0.29, 0.717) is 0 Å². The molecule has 0 aliphatic heterocycles. The van der Waals surface area contributed by atoms with Crippen molar-refractivity contribution in [1.82, 2.24) is 5.32 Å². The number of alkyl halides is 3. The second kappa shape index (κ2) is 4.15. The van der Waals surface area contributed by atoms with Crippen LogP contribution in [0.2, 0.25) is 0 Å². The Balaban J connectivity index is 2.59. The van der Waals surface area contributed by atoms with Crippen LogP contribution in [0.3, 0.4) is 0 Å². The van der Waals surface area contributed by atoms with Gasteiger partial charge in [0.1, 0.15) is 0 Å². The number of hydrogen-bond acceptors (Lipinski definition) is 2. The van der Waals surface area contributed by atoms with Gasteiger partial charge in [0.15, 0.2) is 0 Å². The molecule has 0 aromatic heterocycles. The van der Waals surface area contributed by atoms with E-state index in [-0.39, 0.29) is 12.8 Å². The van der Waals surface area contributed by atoms with E-state index in [1.807, 2.05) is 0 Å². The molecule has 0 radical (unpaired) electrons. The minimum Gasteiger partial charge on any atom is -0.481 e. The average Bonchev–Trinajstić information content (AvgIpc) is 2.62. The fourth-order valence-electron chi connectivity index (χ4n) is 1.45. The average molecular weight is 237 g/mol. The Bertz CT molecular complexity index is 327. The molecule has 0 fully saturated rings. The Morgan fingerprint density at radius 2 is 1.81 bits per heavy atom. The van der Waals surface area contributed by atoms with Crippen molar-refractivity contribution in [1.29, 1.82) is 0 Å². The molecular formula is C9H10F3NO3. The molecule has 1 rings (SSSR count). The Morgan fingerprint density at radius 3 is 2.19 bits per heavy atom. The van der Waals surface area contributed by atoms with Crippen LogP contribution in [0.25, 0.3) is 0 Å². The summed E-state index contributed by atoms with van der Waals surface area (Å²) >= 11 is 0. The second-order valence-electron chi connectivity index (χ2n) is 3.65. The van der Waals surface area contributed by atoms with Crippen molar-refractivity contribution in [2.45, 2.75) is 19.0 Å². The summed E-state index contributed by atoms with van der Waals surface area (Å²) in [5.41, 5.74) is -1.33. The molecular weight excluding hydrogens is 227 g/mol. The number of allylic oxidation sites excluding steroid dienone is 2. The number of nitrogens with one attached hydrogen (secondary N) is 1.